The Morgan fingerprint density at radius 3 is 2.62 bits per heavy atom. The van der Waals surface area contributed by atoms with E-state index in [0.29, 0.717) is 19.6 Å². The van der Waals surface area contributed by atoms with Crippen molar-refractivity contribution in [3.63, 3.8) is 0 Å². The van der Waals surface area contributed by atoms with E-state index in [1.54, 1.807) is 12.1 Å². The SMILES string of the molecule is C=CC(=O)NC1C2CN(S(=O)(=O)c3ccc(CNC(C)=O)s3)CC21. The van der Waals surface area contributed by atoms with Gasteiger partial charge in [-0.1, -0.05) is 6.58 Å². The maximum atomic E-state index is 12.7. The van der Waals surface area contributed by atoms with Gasteiger partial charge in [-0.3, -0.25) is 9.59 Å². The molecule has 2 unspecified atom stereocenters. The lowest BCUT2D eigenvalue weighted by Gasteiger charge is -2.18. The van der Waals surface area contributed by atoms with Gasteiger partial charge >= 0.3 is 0 Å². The predicted molar refractivity (Wildman–Crippen MR) is 89.7 cm³/mol. The zero-order valence-corrected chi connectivity index (χ0v) is 14.8. The summed E-state index contributed by atoms with van der Waals surface area (Å²) >= 11 is 1.17. The van der Waals surface area contributed by atoms with Crippen LogP contribution in [0.2, 0.25) is 0 Å². The van der Waals surface area contributed by atoms with Crippen molar-refractivity contribution >= 4 is 33.2 Å². The summed E-state index contributed by atoms with van der Waals surface area (Å²) in [5, 5.41) is 5.49. The van der Waals surface area contributed by atoms with E-state index < -0.39 is 10.0 Å². The van der Waals surface area contributed by atoms with Crippen LogP contribution in [0.4, 0.5) is 0 Å². The highest BCUT2D eigenvalue weighted by molar-refractivity contribution is 7.91. The van der Waals surface area contributed by atoms with Crippen LogP contribution in [0, 0.1) is 11.8 Å². The third-order valence-electron chi connectivity index (χ3n) is 4.40. The maximum absolute atomic E-state index is 12.7. The molecule has 0 spiro atoms. The van der Waals surface area contributed by atoms with Crippen molar-refractivity contribution in [1.82, 2.24) is 14.9 Å². The largest absolute Gasteiger partial charge is 0.351 e. The van der Waals surface area contributed by atoms with Crippen molar-refractivity contribution in [2.75, 3.05) is 13.1 Å². The van der Waals surface area contributed by atoms with Crippen LogP contribution in [0.25, 0.3) is 0 Å². The van der Waals surface area contributed by atoms with Crippen LogP contribution in [0.5, 0.6) is 0 Å². The Morgan fingerprint density at radius 1 is 1.38 bits per heavy atom. The number of fused-ring (bicyclic) bond motifs is 1. The molecule has 1 aliphatic heterocycles. The van der Waals surface area contributed by atoms with Gasteiger partial charge in [-0.15, -0.1) is 11.3 Å². The standard InChI is InChI=1S/C15H19N3O4S2/c1-3-13(20)17-15-11-7-18(8-12(11)15)24(21,22)14-5-4-10(23-14)6-16-9(2)19/h3-5,11-12,15H,1,6-8H2,2H3,(H,16,19)(H,17,20). The minimum absolute atomic E-state index is 0.0561. The van der Waals surface area contributed by atoms with E-state index in [9.17, 15) is 18.0 Å². The fourth-order valence-electron chi connectivity index (χ4n) is 3.05. The third kappa shape index (κ3) is 3.24. The molecule has 1 aromatic heterocycles. The van der Waals surface area contributed by atoms with E-state index in [2.05, 4.69) is 17.2 Å². The van der Waals surface area contributed by atoms with Crippen LogP contribution in [-0.2, 0) is 26.2 Å². The van der Waals surface area contributed by atoms with Gasteiger partial charge in [0, 0.05) is 30.9 Å². The van der Waals surface area contributed by atoms with Crippen LogP contribution < -0.4 is 10.6 Å². The third-order valence-corrected chi connectivity index (χ3v) is 7.78. The van der Waals surface area contributed by atoms with E-state index >= 15 is 0 Å². The first-order valence-electron chi connectivity index (χ1n) is 7.59. The fraction of sp³-hybridized carbons (Fsp3) is 0.467. The van der Waals surface area contributed by atoms with Crippen LogP contribution in [-0.4, -0.2) is 43.7 Å². The van der Waals surface area contributed by atoms with E-state index in [0.717, 1.165) is 4.88 Å². The molecule has 1 aliphatic carbocycles. The van der Waals surface area contributed by atoms with E-state index in [1.165, 1.54) is 28.6 Å². The number of carbonyl (C=O) groups excluding carboxylic acids is 2. The molecule has 2 fully saturated rings. The summed E-state index contributed by atoms with van der Waals surface area (Å²) in [5.41, 5.74) is 0. The molecule has 1 saturated heterocycles. The lowest BCUT2D eigenvalue weighted by atomic mass is 10.4. The fourth-order valence-corrected chi connectivity index (χ4v) is 6.02. The quantitative estimate of drug-likeness (QED) is 0.705. The van der Waals surface area contributed by atoms with Gasteiger partial charge in [0.25, 0.3) is 10.0 Å². The summed E-state index contributed by atoms with van der Waals surface area (Å²) in [6.07, 6.45) is 1.23. The van der Waals surface area contributed by atoms with Crippen molar-refractivity contribution in [1.29, 1.82) is 0 Å². The second-order valence-electron chi connectivity index (χ2n) is 6.02. The number of hydrogen-bond acceptors (Lipinski definition) is 5. The topological polar surface area (TPSA) is 95.6 Å². The highest BCUT2D eigenvalue weighted by Gasteiger charge is 2.58. The zero-order chi connectivity index (χ0) is 17.5. The van der Waals surface area contributed by atoms with Crippen LogP contribution >= 0.6 is 11.3 Å². The van der Waals surface area contributed by atoms with Gasteiger partial charge in [-0.2, -0.15) is 4.31 Å². The van der Waals surface area contributed by atoms with Gasteiger partial charge in [0.2, 0.25) is 11.8 Å². The molecule has 2 aliphatic rings. The molecule has 9 heteroatoms. The van der Waals surface area contributed by atoms with Gasteiger partial charge < -0.3 is 10.6 Å². The van der Waals surface area contributed by atoms with Crippen LogP contribution in [0.15, 0.2) is 29.0 Å². The van der Waals surface area contributed by atoms with Crippen LogP contribution in [0.1, 0.15) is 11.8 Å². The first-order valence-corrected chi connectivity index (χ1v) is 9.85. The normalized spacial score (nSPS) is 25.8. The Kier molecular flexibility index (Phi) is 4.50. The van der Waals surface area contributed by atoms with Crippen molar-refractivity contribution in [2.24, 2.45) is 11.8 Å². The monoisotopic (exact) mass is 369 g/mol. The predicted octanol–water partition coefficient (Wildman–Crippen LogP) is 0.305. The number of rotatable bonds is 6. The van der Waals surface area contributed by atoms with Gasteiger partial charge in [-0.25, -0.2) is 8.42 Å². The summed E-state index contributed by atoms with van der Waals surface area (Å²) in [6.45, 7) is 6.01. The average molecular weight is 369 g/mol. The molecule has 1 aromatic rings. The average Bonchev–Trinajstić information content (AvgIpc) is 2.96. The maximum Gasteiger partial charge on any atom is 0.252 e. The van der Waals surface area contributed by atoms with Gasteiger partial charge in [0.1, 0.15) is 4.21 Å². The van der Waals surface area contributed by atoms with Gasteiger partial charge in [-0.05, 0) is 30.0 Å². The highest BCUT2D eigenvalue weighted by atomic mass is 32.2. The minimum atomic E-state index is -3.51. The highest BCUT2D eigenvalue weighted by Crippen LogP contribution is 2.47. The van der Waals surface area contributed by atoms with Crippen molar-refractivity contribution < 1.29 is 18.0 Å². The Hall–Kier alpha value is -1.71. The smallest absolute Gasteiger partial charge is 0.252 e. The molecule has 0 radical (unpaired) electrons. The summed E-state index contributed by atoms with van der Waals surface area (Å²) in [6, 6.07) is 3.36. The number of amides is 2. The first-order chi connectivity index (χ1) is 11.3. The Balaban J connectivity index is 1.61. The molecule has 0 bridgehead atoms. The molecule has 2 N–H and O–H groups in total. The molecule has 2 amide bonds. The molecule has 3 rings (SSSR count). The van der Waals surface area contributed by atoms with Crippen molar-refractivity contribution in [3.8, 4) is 0 Å². The molecule has 1 saturated carbocycles. The summed E-state index contributed by atoms with van der Waals surface area (Å²) < 4.78 is 27.1. The molecule has 130 valence electrons. The summed E-state index contributed by atoms with van der Waals surface area (Å²) in [7, 11) is -3.51. The molecule has 7 nitrogen and oxygen atoms in total. The summed E-state index contributed by atoms with van der Waals surface area (Å²) in [5.74, 6) is -0.00491. The zero-order valence-electron chi connectivity index (χ0n) is 13.2. The number of sulfonamides is 1. The molecule has 2 heterocycles. The van der Waals surface area contributed by atoms with E-state index in [4.69, 9.17) is 0 Å². The second kappa shape index (κ2) is 6.30. The van der Waals surface area contributed by atoms with E-state index in [1.807, 2.05) is 0 Å². The summed E-state index contributed by atoms with van der Waals surface area (Å²) in [4.78, 5) is 23.0. The Morgan fingerprint density at radius 2 is 2.04 bits per heavy atom. The number of hydrogen-bond donors (Lipinski definition) is 2. The molecular formula is C15H19N3O4S2. The minimum Gasteiger partial charge on any atom is -0.351 e. The molecule has 0 aromatic carbocycles. The molecular weight excluding hydrogens is 350 g/mol. The Labute approximate surface area is 144 Å². The number of thiophene rings is 1. The first kappa shape index (κ1) is 17.1. The van der Waals surface area contributed by atoms with E-state index in [-0.39, 0.29) is 33.9 Å². The second-order valence-corrected chi connectivity index (χ2v) is 9.35. The number of piperidine rings is 1. The van der Waals surface area contributed by atoms with Crippen molar-refractivity contribution in [2.45, 2.75) is 23.7 Å². The molecule has 2 atom stereocenters. The van der Waals surface area contributed by atoms with Crippen molar-refractivity contribution in [3.05, 3.63) is 29.7 Å². The Bertz CT molecular complexity index is 774. The lowest BCUT2D eigenvalue weighted by Crippen LogP contribution is -2.36. The van der Waals surface area contributed by atoms with Crippen LogP contribution in [0.3, 0.4) is 0 Å². The number of carbonyl (C=O) groups is 2. The van der Waals surface area contributed by atoms with Gasteiger partial charge in [0.05, 0.1) is 6.54 Å². The number of nitrogens with one attached hydrogen (secondary N) is 2. The van der Waals surface area contributed by atoms with Gasteiger partial charge in [0.15, 0.2) is 0 Å². The molecule has 24 heavy (non-hydrogen) atoms. The lowest BCUT2D eigenvalue weighted by molar-refractivity contribution is -0.119. The number of nitrogens with zero attached hydrogens (tertiary/aromatic N) is 1.